The van der Waals surface area contributed by atoms with Gasteiger partial charge in [-0.3, -0.25) is 0 Å². The number of rotatable bonds is 2. The third-order valence-electron chi connectivity index (χ3n) is 3.97. The number of aromatic nitrogens is 2. The van der Waals surface area contributed by atoms with E-state index < -0.39 is 5.97 Å². The number of thiophene rings is 1. The summed E-state index contributed by atoms with van der Waals surface area (Å²) in [6.45, 7) is 4.96. The summed E-state index contributed by atoms with van der Waals surface area (Å²) < 4.78 is 0. The smallest absolute Gasteiger partial charge is 0.141 e. The Balaban J connectivity index is 2.18. The molecule has 20 heavy (non-hydrogen) atoms. The lowest BCUT2D eigenvalue weighted by atomic mass is 10.0. The van der Waals surface area contributed by atoms with Crippen LogP contribution in [-0.4, -0.2) is 28.5 Å². The number of piperidine rings is 1. The molecule has 3 rings (SSSR count). The van der Waals surface area contributed by atoms with E-state index in [2.05, 4.69) is 21.8 Å². The Bertz CT molecular complexity index is 668. The Hall–Kier alpha value is -1.69. The SMILES string of the molecule is Cc1c(C(=O)[O-])sc2ncnc(N3CCCC[C@@H]3C)c12. The molecule has 0 amide bonds. The summed E-state index contributed by atoms with van der Waals surface area (Å²) in [7, 11) is 0. The predicted molar refractivity (Wildman–Crippen MR) is 77.1 cm³/mol. The van der Waals surface area contributed by atoms with Crippen LogP contribution >= 0.6 is 11.3 Å². The monoisotopic (exact) mass is 290 g/mol. The molecule has 0 spiro atoms. The number of nitrogens with zero attached hydrogens (tertiary/aromatic N) is 3. The van der Waals surface area contributed by atoms with E-state index in [0.717, 1.165) is 41.0 Å². The summed E-state index contributed by atoms with van der Waals surface area (Å²) in [6, 6.07) is 0.424. The molecule has 1 aliphatic heterocycles. The van der Waals surface area contributed by atoms with Crippen molar-refractivity contribution in [2.75, 3.05) is 11.4 Å². The fourth-order valence-corrected chi connectivity index (χ4v) is 3.86. The van der Waals surface area contributed by atoms with Gasteiger partial charge in [0.1, 0.15) is 17.0 Å². The van der Waals surface area contributed by atoms with Crippen molar-refractivity contribution in [2.24, 2.45) is 0 Å². The summed E-state index contributed by atoms with van der Waals surface area (Å²) in [5.41, 5.74) is 0.721. The van der Waals surface area contributed by atoms with Crippen LogP contribution in [0.5, 0.6) is 0 Å². The maximum absolute atomic E-state index is 11.2. The van der Waals surface area contributed by atoms with Gasteiger partial charge in [0.15, 0.2) is 0 Å². The van der Waals surface area contributed by atoms with Gasteiger partial charge in [-0.05, 0) is 38.7 Å². The van der Waals surface area contributed by atoms with Crippen LogP contribution < -0.4 is 10.0 Å². The van der Waals surface area contributed by atoms with Crippen LogP contribution in [0.15, 0.2) is 6.33 Å². The van der Waals surface area contributed by atoms with E-state index in [-0.39, 0.29) is 4.88 Å². The van der Waals surface area contributed by atoms with Gasteiger partial charge < -0.3 is 14.8 Å². The van der Waals surface area contributed by atoms with E-state index in [1.807, 2.05) is 6.92 Å². The number of aryl methyl sites for hydroxylation is 1. The molecule has 0 unspecified atom stereocenters. The molecule has 1 saturated heterocycles. The Morgan fingerprint density at radius 3 is 2.95 bits per heavy atom. The van der Waals surface area contributed by atoms with E-state index in [1.165, 1.54) is 24.1 Å². The van der Waals surface area contributed by atoms with E-state index in [9.17, 15) is 9.90 Å². The maximum Gasteiger partial charge on any atom is 0.141 e. The molecule has 0 radical (unpaired) electrons. The minimum Gasteiger partial charge on any atom is -0.544 e. The first-order valence-corrected chi connectivity index (χ1v) is 7.63. The normalized spacial score (nSPS) is 19.5. The second kappa shape index (κ2) is 5.01. The average Bonchev–Trinajstić information content (AvgIpc) is 2.77. The molecule has 1 aliphatic rings. The predicted octanol–water partition coefficient (Wildman–Crippen LogP) is 1.74. The van der Waals surface area contributed by atoms with Crippen molar-refractivity contribution in [3.63, 3.8) is 0 Å². The maximum atomic E-state index is 11.2. The number of carboxylic acids is 1. The molecule has 1 fully saturated rings. The van der Waals surface area contributed by atoms with E-state index in [4.69, 9.17) is 0 Å². The standard InChI is InChI=1S/C14H17N3O2S/c1-8-5-3-4-6-17(8)12-10-9(2)11(14(18)19)20-13(10)16-7-15-12/h7-8H,3-6H2,1-2H3,(H,18,19)/p-1/t8-/m0/s1. The molecular formula is C14H16N3O2S-. The van der Waals surface area contributed by atoms with Crippen LogP contribution in [0.25, 0.3) is 10.2 Å². The highest BCUT2D eigenvalue weighted by molar-refractivity contribution is 7.20. The second-order valence-electron chi connectivity index (χ2n) is 5.26. The van der Waals surface area contributed by atoms with Gasteiger partial charge in [0, 0.05) is 12.6 Å². The number of carboxylic acid groups (broad SMARTS) is 1. The van der Waals surface area contributed by atoms with Crippen LogP contribution in [0.3, 0.4) is 0 Å². The van der Waals surface area contributed by atoms with Gasteiger partial charge in [0.25, 0.3) is 0 Å². The van der Waals surface area contributed by atoms with E-state index >= 15 is 0 Å². The molecule has 3 heterocycles. The van der Waals surface area contributed by atoms with E-state index in [1.54, 1.807) is 0 Å². The van der Waals surface area contributed by atoms with Gasteiger partial charge in [-0.15, -0.1) is 11.3 Å². The minimum atomic E-state index is -1.14. The highest BCUT2D eigenvalue weighted by Crippen LogP contribution is 2.36. The summed E-state index contributed by atoms with van der Waals surface area (Å²) in [5, 5.41) is 12.0. The number of carbonyl (C=O) groups excluding carboxylic acids is 1. The summed E-state index contributed by atoms with van der Waals surface area (Å²) in [4.78, 5) is 23.1. The molecule has 0 bridgehead atoms. The Morgan fingerprint density at radius 2 is 2.25 bits per heavy atom. The van der Waals surface area contributed by atoms with Crippen LogP contribution in [-0.2, 0) is 0 Å². The second-order valence-corrected chi connectivity index (χ2v) is 6.26. The van der Waals surface area contributed by atoms with Gasteiger partial charge in [0.05, 0.1) is 16.2 Å². The van der Waals surface area contributed by atoms with Crippen LogP contribution in [0.4, 0.5) is 5.82 Å². The van der Waals surface area contributed by atoms with Crippen molar-refractivity contribution in [3.8, 4) is 0 Å². The van der Waals surface area contributed by atoms with Gasteiger partial charge in [-0.25, -0.2) is 9.97 Å². The number of fused-ring (bicyclic) bond motifs is 1. The summed E-state index contributed by atoms with van der Waals surface area (Å²) in [5.74, 6) is -0.272. The third kappa shape index (κ3) is 2.04. The first-order chi connectivity index (χ1) is 9.59. The number of carbonyl (C=O) groups is 1. The molecule has 6 heteroatoms. The molecule has 0 N–H and O–H groups in total. The van der Waals surface area contributed by atoms with Gasteiger partial charge in [-0.2, -0.15) is 0 Å². The minimum absolute atomic E-state index is 0.256. The number of aromatic carboxylic acids is 1. The van der Waals surface area contributed by atoms with Crippen molar-refractivity contribution in [1.29, 1.82) is 0 Å². The van der Waals surface area contributed by atoms with Crippen molar-refractivity contribution in [3.05, 3.63) is 16.8 Å². The zero-order chi connectivity index (χ0) is 14.3. The molecule has 0 saturated carbocycles. The highest BCUT2D eigenvalue weighted by atomic mass is 32.1. The summed E-state index contributed by atoms with van der Waals surface area (Å²) in [6.07, 6.45) is 5.04. The van der Waals surface area contributed by atoms with Crippen molar-refractivity contribution in [2.45, 2.75) is 39.2 Å². The zero-order valence-corrected chi connectivity index (χ0v) is 12.4. The third-order valence-corrected chi connectivity index (χ3v) is 5.15. The van der Waals surface area contributed by atoms with Gasteiger partial charge in [-0.1, -0.05) is 0 Å². The fourth-order valence-electron chi connectivity index (χ4n) is 2.88. The van der Waals surface area contributed by atoms with Crippen LogP contribution in [0, 0.1) is 6.92 Å². The Labute approximate surface area is 121 Å². The molecule has 5 nitrogen and oxygen atoms in total. The molecule has 0 aliphatic carbocycles. The molecule has 2 aromatic heterocycles. The van der Waals surface area contributed by atoms with Gasteiger partial charge in [0.2, 0.25) is 0 Å². The Morgan fingerprint density at radius 1 is 1.45 bits per heavy atom. The van der Waals surface area contributed by atoms with Gasteiger partial charge >= 0.3 is 0 Å². The number of hydrogen-bond donors (Lipinski definition) is 0. The number of hydrogen-bond acceptors (Lipinski definition) is 6. The average molecular weight is 290 g/mol. The summed E-state index contributed by atoms with van der Waals surface area (Å²) >= 11 is 1.17. The lowest BCUT2D eigenvalue weighted by molar-refractivity contribution is -0.254. The molecule has 1 atom stereocenters. The highest BCUT2D eigenvalue weighted by Gasteiger charge is 2.24. The fraction of sp³-hybridized carbons (Fsp3) is 0.500. The number of anilines is 1. The van der Waals surface area contributed by atoms with Crippen molar-refractivity contribution >= 4 is 33.3 Å². The zero-order valence-electron chi connectivity index (χ0n) is 11.5. The molecule has 106 valence electrons. The van der Waals surface area contributed by atoms with E-state index in [0.29, 0.717) is 6.04 Å². The first kappa shape index (κ1) is 13.3. The largest absolute Gasteiger partial charge is 0.544 e. The first-order valence-electron chi connectivity index (χ1n) is 6.81. The molecular weight excluding hydrogens is 274 g/mol. The quantitative estimate of drug-likeness (QED) is 0.842. The lowest BCUT2D eigenvalue weighted by Gasteiger charge is -2.34. The lowest BCUT2D eigenvalue weighted by Crippen LogP contribution is -2.38. The molecule has 2 aromatic rings. The topological polar surface area (TPSA) is 69.1 Å². The van der Waals surface area contributed by atoms with Crippen molar-refractivity contribution < 1.29 is 9.90 Å². The molecule has 0 aromatic carbocycles. The Kier molecular flexibility index (Phi) is 3.33. The van der Waals surface area contributed by atoms with Crippen LogP contribution in [0.1, 0.15) is 41.4 Å². The van der Waals surface area contributed by atoms with Crippen LogP contribution in [0.2, 0.25) is 0 Å². The van der Waals surface area contributed by atoms with Crippen molar-refractivity contribution in [1.82, 2.24) is 9.97 Å².